The maximum atomic E-state index is 12.9. The first-order valence-corrected chi connectivity index (χ1v) is 9.59. The highest BCUT2D eigenvalue weighted by molar-refractivity contribution is 7.99. The Morgan fingerprint density at radius 1 is 1.32 bits per heavy atom. The molecule has 0 aromatic carbocycles. The molecule has 2 N–H and O–H groups in total. The average molecular weight is 396 g/mol. The van der Waals surface area contributed by atoms with Crippen LogP contribution in [0, 0.1) is 0 Å². The molecule has 1 aliphatic rings. The lowest BCUT2D eigenvalue weighted by Gasteiger charge is -2.28. The lowest BCUT2D eigenvalue weighted by atomic mass is 9.83. The van der Waals surface area contributed by atoms with Crippen LogP contribution < -0.4 is 10.9 Å². The second-order valence-electron chi connectivity index (χ2n) is 6.00. The Morgan fingerprint density at radius 2 is 2.07 bits per heavy atom. The van der Waals surface area contributed by atoms with Gasteiger partial charge in [0.1, 0.15) is 12.4 Å². The number of carbonyl (C=O) groups is 1. The van der Waals surface area contributed by atoms with E-state index < -0.39 is 11.9 Å². The summed E-state index contributed by atoms with van der Waals surface area (Å²) in [5.41, 5.74) is 1.75. The molecule has 0 radical (unpaired) electrons. The van der Waals surface area contributed by atoms with Crippen molar-refractivity contribution in [3.8, 4) is 0 Å². The fourth-order valence-corrected chi connectivity index (χ4v) is 3.61. The van der Waals surface area contributed by atoms with Gasteiger partial charge in [0.05, 0.1) is 17.1 Å². The number of allylic oxidation sites excluding steroid dienone is 1. The van der Waals surface area contributed by atoms with Crippen molar-refractivity contribution in [2.24, 2.45) is 0 Å². The predicted octanol–water partition coefficient (Wildman–Crippen LogP) is 3.00. The molecule has 1 atom stereocenters. The average Bonchev–Trinajstić information content (AvgIpc) is 2.70. The molecule has 0 bridgehead atoms. The number of rotatable bonds is 7. The van der Waals surface area contributed by atoms with Crippen molar-refractivity contribution < 1.29 is 9.53 Å². The van der Waals surface area contributed by atoms with Crippen molar-refractivity contribution in [3.05, 3.63) is 82.6 Å². The van der Waals surface area contributed by atoms with Crippen LogP contribution in [0.3, 0.4) is 0 Å². The molecular weight excluding hydrogens is 376 g/mol. The lowest BCUT2D eigenvalue weighted by Crippen LogP contribution is -2.31. The summed E-state index contributed by atoms with van der Waals surface area (Å²) in [5, 5.41) is 3.57. The minimum absolute atomic E-state index is 0.0806. The number of nitrogens with zero attached hydrogens (tertiary/aromatic N) is 2. The van der Waals surface area contributed by atoms with Gasteiger partial charge >= 0.3 is 5.97 Å². The summed E-state index contributed by atoms with van der Waals surface area (Å²) in [6.07, 6.45) is 6.47. The first-order valence-electron chi connectivity index (χ1n) is 8.60. The van der Waals surface area contributed by atoms with E-state index >= 15 is 0 Å². The van der Waals surface area contributed by atoms with E-state index in [0.29, 0.717) is 33.6 Å². The van der Waals surface area contributed by atoms with Crippen LogP contribution in [0.5, 0.6) is 0 Å². The summed E-state index contributed by atoms with van der Waals surface area (Å²) in [7, 11) is 0. The van der Waals surface area contributed by atoms with Gasteiger partial charge in [-0.3, -0.25) is 9.78 Å². The molecule has 2 aromatic rings. The standard InChI is InChI=1S/C20H20N4O3S/c1-4-10-27-19(26)14-12(3)22-17-16(15(14)13-6-8-21-9-7-13)18(25)24-20(23-17)28-11-5-2/h4-9,15H,1-2,10-11H2,3H3,(H2,22,23,24,25)/t15-/m1/s1. The number of hydrogen-bond acceptors (Lipinski definition) is 7. The quantitative estimate of drug-likeness (QED) is 0.321. The zero-order valence-electron chi connectivity index (χ0n) is 15.4. The minimum Gasteiger partial charge on any atom is -0.458 e. The number of esters is 1. The van der Waals surface area contributed by atoms with Crippen LogP contribution in [0.4, 0.5) is 5.82 Å². The Kier molecular flexibility index (Phi) is 6.10. The van der Waals surface area contributed by atoms with Crippen LogP contribution in [-0.4, -0.2) is 33.3 Å². The van der Waals surface area contributed by atoms with Crippen molar-refractivity contribution >= 4 is 23.5 Å². The van der Waals surface area contributed by atoms with E-state index in [9.17, 15) is 9.59 Å². The normalized spacial score (nSPS) is 15.4. The molecule has 2 aromatic heterocycles. The summed E-state index contributed by atoms with van der Waals surface area (Å²) in [4.78, 5) is 37.0. The van der Waals surface area contributed by atoms with E-state index in [1.807, 2.05) is 0 Å². The number of aromatic amines is 1. The zero-order chi connectivity index (χ0) is 20.1. The summed E-state index contributed by atoms with van der Waals surface area (Å²) in [6, 6.07) is 3.54. The third-order valence-corrected chi connectivity index (χ3v) is 5.02. The first-order chi connectivity index (χ1) is 13.6. The van der Waals surface area contributed by atoms with Gasteiger partial charge in [0.15, 0.2) is 5.16 Å². The minimum atomic E-state index is -0.619. The van der Waals surface area contributed by atoms with Gasteiger partial charge in [-0.15, -0.1) is 6.58 Å². The second-order valence-corrected chi connectivity index (χ2v) is 7.01. The SMILES string of the molecule is C=CCOC(=O)C1=C(C)Nc2nc(SCC=C)[nH]c(=O)c2[C@@H]1c1ccncc1. The van der Waals surface area contributed by atoms with E-state index in [2.05, 4.69) is 33.4 Å². The van der Waals surface area contributed by atoms with Crippen molar-refractivity contribution in [2.75, 3.05) is 17.7 Å². The molecule has 144 valence electrons. The molecule has 0 saturated heterocycles. The van der Waals surface area contributed by atoms with Crippen molar-refractivity contribution in [3.63, 3.8) is 0 Å². The number of ether oxygens (including phenoxy) is 1. The Hall–Kier alpha value is -3.13. The number of H-pyrrole nitrogens is 1. The largest absolute Gasteiger partial charge is 0.458 e. The van der Waals surface area contributed by atoms with Crippen LogP contribution in [0.25, 0.3) is 0 Å². The molecule has 0 saturated carbocycles. The van der Waals surface area contributed by atoms with E-state index in [1.54, 1.807) is 37.5 Å². The number of nitrogens with one attached hydrogen (secondary N) is 2. The molecule has 0 aliphatic carbocycles. The Balaban J connectivity index is 2.15. The molecule has 7 nitrogen and oxygen atoms in total. The molecule has 0 unspecified atom stereocenters. The van der Waals surface area contributed by atoms with Gasteiger partial charge in [0.25, 0.3) is 5.56 Å². The van der Waals surface area contributed by atoms with Gasteiger partial charge in [0.2, 0.25) is 0 Å². The number of aromatic nitrogens is 3. The Labute approximate surface area is 166 Å². The van der Waals surface area contributed by atoms with Crippen molar-refractivity contribution in [2.45, 2.75) is 18.0 Å². The fraction of sp³-hybridized carbons (Fsp3) is 0.200. The number of thioether (sulfide) groups is 1. The van der Waals surface area contributed by atoms with Gasteiger partial charge < -0.3 is 15.0 Å². The van der Waals surface area contributed by atoms with Crippen LogP contribution in [0.2, 0.25) is 0 Å². The molecule has 3 rings (SSSR count). The maximum absolute atomic E-state index is 12.9. The van der Waals surface area contributed by atoms with Gasteiger partial charge in [-0.05, 0) is 24.6 Å². The van der Waals surface area contributed by atoms with E-state index in [0.717, 1.165) is 5.56 Å². The topological polar surface area (TPSA) is 97.0 Å². The van der Waals surface area contributed by atoms with Gasteiger partial charge in [0, 0.05) is 23.8 Å². The van der Waals surface area contributed by atoms with Crippen LogP contribution >= 0.6 is 11.8 Å². The molecule has 1 aliphatic heterocycles. The third kappa shape index (κ3) is 3.91. The van der Waals surface area contributed by atoms with Crippen LogP contribution in [0.1, 0.15) is 24.0 Å². The Morgan fingerprint density at radius 3 is 2.75 bits per heavy atom. The third-order valence-electron chi connectivity index (χ3n) is 4.15. The van der Waals surface area contributed by atoms with Crippen molar-refractivity contribution in [1.29, 1.82) is 0 Å². The molecule has 3 heterocycles. The number of hydrogen-bond donors (Lipinski definition) is 2. The van der Waals surface area contributed by atoms with Crippen molar-refractivity contribution in [1.82, 2.24) is 15.0 Å². The number of pyridine rings is 1. The molecule has 8 heteroatoms. The van der Waals surface area contributed by atoms with Gasteiger partial charge in [-0.25, -0.2) is 9.78 Å². The summed E-state index contributed by atoms with van der Waals surface area (Å²) >= 11 is 1.37. The molecule has 28 heavy (non-hydrogen) atoms. The number of fused-ring (bicyclic) bond motifs is 1. The fourth-order valence-electron chi connectivity index (χ4n) is 3.01. The summed E-state index contributed by atoms with van der Waals surface area (Å²) < 4.78 is 5.27. The Bertz CT molecular complexity index is 998. The lowest BCUT2D eigenvalue weighted by molar-refractivity contribution is -0.138. The van der Waals surface area contributed by atoms with E-state index in [-0.39, 0.29) is 12.2 Å². The molecule has 0 amide bonds. The summed E-state index contributed by atoms with van der Waals surface area (Å²) in [6.45, 7) is 9.09. The highest BCUT2D eigenvalue weighted by Gasteiger charge is 2.36. The maximum Gasteiger partial charge on any atom is 0.337 e. The molecular formula is C20H20N4O3S. The first kappa shape index (κ1) is 19.6. The zero-order valence-corrected chi connectivity index (χ0v) is 16.2. The van der Waals surface area contributed by atoms with Gasteiger partial charge in [-0.1, -0.05) is 30.5 Å². The van der Waals surface area contributed by atoms with E-state index in [4.69, 9.17) is 4.74 Å². The summed E-state index contributed by atoms with van der Waals surface area (Å²) in [5.74, 6) is -0.0910. The van der Waals surface area contributed by atoms with Gasteiger partial charge in [-0.2, -0.15) is 0 Å². The monoisotopic (exact) mass is 396 g/mol. The molecule has 0 spiro atoms. The number of carbonyl (C=O) groups excluding carboxylic acids is 1. The smallest absolute Gasteiger partial charge is 0.337 e. The van der Waals surface area contributed by atoms with Crippen LogP contribution in [0.15, 0.2) is 71.1 Å². The van der Waals surface area contributed by atoms with E-state index in [1.165, 1.54) is 17.8 Å². The molecule has 0 fully saturated rings. The highest BCUT2D eigenvalue weighted by atomic mass is 32.2. The predicted molar refractivity (Wildman–Crippen MR) is 109 cm³/mol. The van der Waals surface area contributed by atoms with Crippen LogP contribution in [-0.2, 0) is 9.53 Å². The second kappa shape index (κ2) is 8.71. The number of anilines is 1. The highest BCUT2D eigenvalue weighted by Crippen LogP contribution is 2.39.